The van der Waals surface area contributed by atoms with Crippen molar-refractivity contribution in [3.63, 3.8) is 0 Å². The van der Waals surface area contributed by atoms with Crippen LogP contribution in [0, 0.1) is 0 Å². The highest BCUT2D eigenvalue weighted by molar-refractivity contribution is 6.07. The number of hydrogen-bond acceptors (Lipinski definition) is 3. The number of fused-ring (bicyclic) bond motifs is 3. The Bertz CT molecular complexity index is 1440. The van der Waals surface area contributed by atoms with E-state index in [1.54, 1.807) is 0 Å². The molecule has 0 unspecified atom stereocenters. The molecule has 4 aromatic carbocycles. The third-order valence-electron chi connectivity index (χ3n) is 5.49. The molecule has 6 rings (SSSR count). The zero-order valence-electron chi connectivity index (χ0n) is 16.7. The first kappa shape index (κ1) is 17.5. The maximum absolute atomic E-state index is 6.20. The van der Waals surface area contributed by atoms with Crippen molar-refractivity contribution in [3.8, 4) is 5.69 Å². The van der Waals surface area contributed by atoms with Crippen molar-refractivity contribution >= 4 is 39.0 Å². The molecule has 148 valence electrons. The minimum absolute atomic E-state index is 0.837. The quantitative estimate of drug-likeness (QED) is 0.312. The number of anilines is 3. The molecule has 0 aliphatic heterocycles. The summed E-state index contributed by atoms with van der Waals surface area (Å²) in [6.07, 6.45) is 3.93. The largest absolute Gasteiger partial charge is 0.454 e. The summed E-state index contributed by atoms with van der Waals surface area (Å²) < 4.78 is 8.09. The monoisotopic (exact) mass is 401 g/mol. The van der Waals surface area contributed by atoms with Gasteiger partial charge in [0, 0.05) is 22.1 Å². The number of nitrogens with zero attached hydrogens (tertiary/aromatic N) is 3. The van der Waals surface area contributed by atoms with Gasteiger partial charge in [-0.15, -0.1) is 0 Å². The van der Waals surface area contributed by atoms with E-state index in [2.05, 4.69) is 41.3 Å². The van der Waals surface area contributed by atoms with Crippen LogP contribution in [0.4, 0.5) is 17.1 Å². The number of furan rings is 1. The molecule has 4 nitrogen and oxygen atoms in total. The average Bonchev–Trinajstić information content (AvgIpc) is 3.46. The molecule has 6 aromatic rings. The highest BCUT2D eigenvalue weighted by atomic mass is 16.3. The van der Waals surface area contributed by atoms with Gasteiger partial charge in [0.15, 0.2) is 5.58 Å². The second kappa shape index (κ2) is 7.18. The Balaban J connectivity index is 1.50. The van der Waals surface area contributed by atoms with Crippen LogP contribution < -0.4 is 4.90 Å². The molecule has 0 bridgehead atoms. The lowest BCUT2D eigenvalue weighted by Crippen LogP contribution is -2.08. The van der Waals surface area contributed by atoms with Crippen LogP contribution in [0.3, 0.4) is 0 Å². The van der Waals surface area contributed by atoms with E-state index in [9.17, 15) is 0 Å². The molecule has 0 radical (unpaired) electrons. The van der Waals surface area contributed by atoms with Crippen molar-refractivity contribution in [3.05, 3.63) is 116 Å². The van der Waals surface area contributed by atoms with Crippen LogP contribution in [-0.2, 0) is 0 Å². The molecule has 0 saturated heterocycles. The second-order valence-corrected chi connectivity index (χ2v) is 7.40. The van der Waals surface area contributed by atoms with Gasteiger partial charge in [0.1, 0.15) is 11.3 Å². The Morgan fingerprint density at radius 2 is 1.26 bits per heavy atom. The molecular weight excluding hydrogens is 382 g/mol. The molecule has 4 heteroatoms. The molecule has 0 aliphatic rings. The fraction of sp³-hybridized carbons (Fsp3) is 0. The van der Waals surface area contributed by atoms with Crippen LogP contribution in [0.5, 0.6) is 0 Å². The van der Waals surface area contributed by atoms with Crippen molar-refractivity contribution in [2.75, 3.05) is 4.90 Å². The van der Waals surface area contributed by atoms with E-state index < -0.39 is 0 Å². The number of rotatable bonds is 4. The van der Waals surface area contributed by atoms with Crippen molar-refractivity contribution in [1.82, 2.24) is 9.78 Å². The van der Waals surface area contributed by atoms with Crippen molar-refractivity contribution in [2.45, 2.75) is 0 Å². The lowest BCUT2D eigenvalue weighted by atomic mass is 10.1. The lowest BCUT2D eigenvalue weighted by Gasteiger charge is -2.23. The topological polar surface area (TPSA) is 34.2 Å². The van der Waals surface area contributed by atoms with Crippen LogP contribution in [0.15, 0.2) is 120 Å². The van der Waals surface area contributed by atoms with Gasteiger partial charge in [-0.3, -0.25) is 0 Å². The van der Waals surface area contributed by atoms with E-state index >= 15 is 0 Å². The van der Waals surface area contributed by atoms with Gasteiger partial charge in [0.2, 0.25) is 0 Å². The highest BCUT2D eigenvalue weighted by Gasteiger charge is 2.16. The van der Waals surface area contributed by atoms with Gasteiger partial charge >= 0.3 is 0 Å². The Morgan fingerprint density at radius 1 is 0.613 bits per heavy atom. The third kappa shape index (κ3) is 2.97. The van der Waals surface area contributed by atoms with E-state index in [0.29, 0.717) is 0 Å². The zero-order valence-corrected chi connectivity index (χ0v) is 16.7. The summed E-state index contributed by atoms with van der Waals surface area (Å²) in [7, 11) is 0. The number of aromatic nitrogens is 2. The second-order valence-electron chi connectivity index (χ2n) is 7.40. The van der Waals surface area contributed by atoms with Gasteiger partial charge in [-0.05, 0) is 36.4 Å². The first-order valence-corrected chi connectivity index (χ1v) is 10.2. The smallest absolute Gasteiger partial charge is 0.161 e. The fourth-order valence-corrected chi connectivity index (χ4v) is 4.07. The van der Waals surface area contributed by atoms with Crippen molar-refractivity contribution in [2.24, 2.45) is 0 Å². The van der Waals surface area contributed by atoms with E-state index in [0.717, 1.165) is 44.7 Å². The predicted octanol–water partition coefficient (Wildman–Crippen LogP) is 7.24. The summed E-state index contributed by atoms with van der Waals surface area (Å²) in [5.74, 6) is 0. The van der Waals surface area contributed by atoms with Crippen molar-refractivity contribution < 1.29 is 4.42 Å². The maximum Gasteiger partial charge on any atom is 0.161 e. The summed E-state index contributed by atoms with van der Waals surface area (Å²) in [5, 5.41) is 6.90. The third-order valence-corrected chi connectivity index (χ3v) is 5.49. The summed E-state index contributed by atoms with van der Waals surface area (Å²) in [5.41, 5.74) is 5.77. The van der Waals surface area contributed by atoms with E-state index in [4.69, 9.17) is 9.52 Å². The van der Waals surface area contributed by atoms with Crippen LogP contribution in [0.25, 0.3) is 27.6 Å². The van der Waals surface area contributed by atoms with Gasteiger partial charge < -0.3 is 9.32 Å². The van der Waals surface area contributed by atoms with Gasteiger partial charge in [-0.25, -0.2) is 4.68 Å². The normalized spacial score (nSPS) is 11.2. The molecule has 0 saturated carbocycles. The number of hydrogen-bond donors (Lipinski definition) is 0. The van der Waals surface area contributed by atoms with Crippen LogP contribution in [0.2, 0.25) is 0 Å². The molecule has 2 aromatic heterocycles. The highest BCUT2D eigenvalue weighted by Crippen LogP contribution is 2.36. The number of benzene rings is 4. The maximum atomic E-state index is 6.20. The van der Waals surface area contributed by atoms with Crippen LogP contribution >= 0.6 is 0 Å². The molecule has 0 aliphatic carbocycles. The fourth-order valence-electron chi connectivity index (χ4n) is 4.07. The summed E-state index contributed by atoms with van der Waals surface area (Å²) in [6.45, 7) is 0. The minimum Gasteiger partial charge on any atom is -0.454 e. The zero-order chi connectivity index (χ0) is 20.6. The SMILES string of the molecule is c1ccc(N(c2ccccc2)c2cnn(-c3cccc4c3oc3ccccc34)c2)cc1. The molecular formula is C27H19N3O. The van der Waals surface area contributed by atoms with Gasteiger partial charge in [-0.1, -0.05) is 66.7 Å². The van der Waals surface area contributed by atoms with Gasteiger partial charge in [0.05, 0.1) is 18.1 Å². The Morgan fingerprint density at radius 3 is 2.00 bits per heavy atom. The first-order chi connectivity index (χ1) is 15.4. The Labute approximate surface area is 179 Å². The minimum atomic E-state index is 0.837. The van der Waals surface area contributed by atoms with E-state index in [1.807, 2.05) is 83.8 Å². The molecule has 0 spiro atoms. The van der Waals surface area contributed by atoms with Crippen LogP contribution in [-0.4, -0.2) is 9.78 Å². The summed E-state index contributed by atoms with van der Waals surface area (Å²) in [4.78, 5) is 2.20. The first-order valence-electron chi connectivity index (χ1n) is 10.2. The lowest BCUT2D eigenvalue weighted by molar-refractivity contribution is 0.662. The Hall–Kier alpha value is -4.31. The standard InChI is InChI=1S/C27H19N3O/c1-3-10-20(11-4-1)30(21-12-5-2-6-13-21)22-18-28-29(19-22)25-16-9-15-24-23-14-7-8-17-26(23)31-27(24)25/h1-19H. The predicted molar refractivity (Wildman–Crippen MR) is 126 cm³/mol. The van der Waals surface area contributed by atoms with E-state index in [-0.39, 0.29) is 0 Å². The molecule has 0 fully saturated rings. The molecule has 0 amide bonds. The molecule has 0 atom stereocenters. The Kier molecular flexibility index (Phi) is 4.06. The molecule has 2 heterocycles. The van der Waals surface area contributed by atoms with Gasteiger partial charge in [-0.2, -0.15) is 5.10 Å². The molecule has 0 N–H and O–H groups in total. The molecule has 31 heavy (non-hydrogen) atoms. The summed E-state index contributed by atoms with van der Waals surface area (Å²) in [6, 6.07) is 34.9. The van der Waals surface area contributed by atoms with E-state index in [1.165, 1.54) is 0 Å². The van der Waals surface area contributed by atoms with Gasteiger partial charge in [0.25, 0.3) is 0 Å². The average molecular weight is 401 g/mol. The summed E-state index contributed by atoms with van der Waals surface area (Å²) >= 11 is 0. The van der Waals surface area contributed by atoms with Crippen molar-refractivity contribution in [1.29, 1.82) is 0 Å². The number of para-hydroxylation sites is 4. The van der Waals surface area contributed by atoms with Crippen LogP contribution in [0.1, 0.15) is 0 Å².